The van der Waals surface area contributed by atoms with Crippen molar-refractivity contribution >= 4 is 43.9 Å². The van der Waals surface area contributed by atoms with E-state index in [1.165, 1.54) is 0 Å². The first kappa shape index (κ1) is 31.7. The molecule has 4 aromatic heterocycles. The van der Waals surface area contributed by atoms with Gasteiger partial charge in [0.1, 0.15) is 16.7 Å². The Morgan fingerprint density at radius 2 is 0.821 bits per heavy atom. The lowest BCUT2D eigenvalue weighted by atomic mass is 10.0. The minimum Gasteiger partial charge on any atom is -0.450 e. The molecule has 0 aliphatic rings. The molecule has 0 aliphatic carbocycles. The van der Waals surface area contributed by atoms with E-state index in [-0.39, 0.29) is 0 Å². The quantitative estimate of drug-likeness (QED) is 0.170. The molecular weight excluding hydrogens is 689 g/mol. The largest absolute Gasteiger partial charge is 0.450 e. The van der Waals surface area contributed by atoms with Gasteiger partial charge in [-0.25, -0.2) is 15.0 Å². The summed E-state index contributed by atoms with van der Waals surface area (Å²) >= 11 is 0. The average molecular weight is 719 g/mol. The van der Waals surface area contributed by atoms with E-state index in [0.29, 0.717) is 34.6 Å². The number of rotatable bonds is 6. The third-order valence-corrected chi connectivity index (χ3v) is 10.3. The monoisotopic (exact) mass is 718 g/mol. The van der Waals surface area contributed by atoms with Crippen molar-refractivity contribution in [2.75, 3.05) is 0 Å². The zero-order chi connectivity index (χ0) is 37.0. The molecule has 0 spiro atoms. The highest BCUT2D eigenvalue weighted by atomic mass is 16.3. The predicted molar refractivity (Wildman–Crippen MR) is 224 cm³/mol. The molecule has 0 saturated heterocycles. The molecular formula is C49H30N6O. The Hall–Kier alpha value is -7.77. The fourth-order valence-electron chi connectivity index (χ4n) is 7.62. The Balaban J connectivity index is 1.20. The third kappa shape index (κ3) is 5.25. The lowest BCUT2D eigenvalue weighted by Gasteiger charge is -2.11. The minimum absolute atomic E-state index is 0.491. The molecule has 4 heterocycles. The summed E-state index contributed by atoms with van der Waals surface area (Å²) in [5, 5.41) is 2.95. The minimum atomic E-state index is 0.491. The van der Waals surface area contributed by atoms with E-state index in [9.17, 15) is 0 Å². The van der Waals surface area contributed by atoms with Crippen LogP contribution in [-0.2, 0) is 0 Å². The summed E-state index contributed by atoms with van der Waals surface area (Å²) in [5.41, 5.74) is 10.5. The lowest BCUT2D eigenvalue weighted by molar-refractivity contribution is 0.669. The predicted octanol–water partition coefficient (Wildman–Crippen LogP) is 12.0. The molecule has 56 heavy (non-hydrogen) atoms. The van der Waals surface area contributed by atoms with E-state index in [0.717, 1.165) is 71.8 Å². The number of nitrogens with zero attached hydrogens (tertiary/aromatic N) is 6. The van der Waals surface area contributed by atoms with Gasteiger partial charge in [-0.3, -0.25) is 4.57 Å². The van der Waals surface area contributed by atoms with Gasteiger partial charge in [-0.2, -0.15) is 9.97 Å². The van der Waals surface area contributed by atoms with Crippen LogP contribution in [0.1, 0.15) is 0 Å². The van der Waals surface area contributed by atoms with Gasteiger partial charge in [-0.15, -0.1) is 0 Å². The number of fused-ring (bicyclic) bond motifs is 7. The van der Waals surface area contributed by atoms with Crippen LogP contribution in [0, 0.1) is 0 Å². The van der Waals surface area contributed by atoms with Crippen LogP contribution in [-0.4, -0.2) is 29.5 Å². The van der Waals surface area contributed by atoms with Gasteiger partial charge < -0.3 is 4.42 Å². The molecule has 7 heteroatoms. The summed E-state index contributed by atoms with van der Waals surface area (Å²) in [6.07, 6.45) is 0. The average Bonchev–Trinajstić information content (AvgIpc) is 3.83. The van der Waals surface area contributed by atoms with Crippen LogP contribution < -0.4 is 0 Å². The van der Waals surface area contributed by atoms with E-state index in [1.807, 2.05) is 91.0 Å². The van der Waals surface area contributed by atoms with Crippen LogP contribution in [0.2, 0.25) is 0 Å². The van der Waals surface area contributed by atoms with Crippen molar-refractivity contribution in [1.82, 2.24) is 29.5 Å². The van der Waals surface area contributed by atoms with Gasteiger partial charge in [-0.05, 0) is 23.3 Å². The molecule has 7 aromatic carbocycles. The van der Waals surface area contributed by atoms with Gasteiger partial charge in [0, 0.05) is 38.4 Å². The maximum atomic E-state index is 7.02. The molecule has 11 aromatic rings. The molecule has 0 bridgehead atoms. The van der Waals surface area contributed by atoms with Crippen molar-refractivity contribution in [2.45, 2.75) is 0 Å². The molecule has 7 nitrogen and oxygen atoms in total. The normalized spacial score (nSPS) is 11.6. The topological polar surface area (TPSA) is 82.5 Å². The summed E-state index contributed by atoms with van der Waals surface area (Å²) in [7, 11) is 0. The zero-order valence-corrected chi connectivity index (χ0v) is 29.9. The van der Waals surface area contributed by atoms with Crippen molar-refractivity contribution < 1.29 is 4.42 Å². The zero-order valence-electron chi connectivity index (χ0n) is 29.9. The fraction of sp³-hybridized carbons (Fsp3) is 0. The molecule has 0 amide bonds. The van der Waals surface area contributed by atoms with Crippen LogP contribution >= 0.6 is 0 Å². The van der Waals surface area contributed by atoms with Crippen LogP contribution in [0.4, 0.5) is 0 Å². The number of furan rings is 1. The summed E-state index contributed by atoms with van der Waals surface area (Å²) in [6, 6.07) is 61.6. The first-order chi connectivity index (χ1) is 27.8. The van der Waals surface area contributed by atoms with Gasteiger partial charge in [0.05, 0.1) is 5.52 Å². The Morgan fingerprint density at radius 3 is 1.46 bits per heavy atom. The Bertz CT molecular complexity index is 3160. The Kier molecular flexibility index (Phi) is 7.35. The van der Waals surface area contributed by atoms with Crippen molar-refractivity contribution in [3.63, 3.8) is 0 Å². The molecule has 0 aliphatic heterocycles. The van der Waals surface area contributed by atoms with Crippen LogP contribution in [0.15, 0.2) is 186 Å². The van der Waals surface area contributed by atoms with Gasteiger partial charge in [0.25, 0.3) is 0 Å². The number of hydrogen-bond donors (Lipinski definition) is 0. The second-order valence-electron chi connectivity index (χ2n) is 13.7. The van der Waals surface area contributed by atoms with Crippen LogP contribution in [0.3, 0.4) is 0 Å². The molecule has 0 radical (unpaired) electrons. The SMILES string of the molecule is c1ccc(-c2ccc(-c3nc(-c4ccccc4)c4oc5c(ccc6c7ccccc7n(-c7nc(-c8ccccc8)nc(-c8ccccc8)n7)c65)c4n3)cc2)cc1. The highest BCUT2D eigenvalue weighted by molar-refractivity contribution is 6.21. The number of benzene rings is 7. The Labute approximate surface area is 321 Å². The number of aromatic nitrogens is 6. The molecule has 0 saturated carbocycles. The second-order valence-corrected chi connectivity index (χ2v) is 13.7. The van der Waals surface area contributed by atoms with E-state index in [2.05, 4.69) is 95.6 Å². The van der Waals surface area contributed by atoms with Crippen molar-refractivity contribution in [2.24, 2.45) is 0 Å². The first-order valence-electron chi connectivity index (χ1n) is 18.5. The molecule has 0 atom stereocenters. The van der Waals surface area contributed by atoms with Crippen molar-refractivity contribution in [3.05, 3.63) is 182 Å². The number of hydrogen-bond acceptors (Lipinski definition) is 6. The van der Waals surface area contributed by atoms with Crippen molar-refractivity contribution in [3.8, 4) is 62.5 Å². The van der Waals surface area contributed by atoms with E-state index in [1.54, 1.807) is 0 Å². The smallest absolute Gasteiger partial charge is 0.238 e. The third-order valence-electron chi connectivity index (χ3n) is 10.3. The summed E-state index contributed by atoms with van der Waals surface area (Å²) in [6.45, 7) is 0. The lowest BCUT2D eigenvalue weighted by Crippen LogP contribution is -2.06. The molecule has 11 rings (SSSR count). The number of para-hydroxylation sites is 1. The molecule has 262 valence electrons. The van der Waals surface area contributed by atoms with E-state index in [4.69, 9.17) is 29.3 Å². The van der Waals surface area contributed by atoms with Crippen LogP contribution in [0.25, 0.3) is 106 Å². The maximum Gasteiger partial charge on any atom is 0.238 e. The second kappa shape index (κ2) is 13.0. The standard InChI is InChI=1S/C49H30N6O/c1-5-15-31(16-6-1)32-25-27-36(28-26-32)46-50-41(33-17-7-2-8-18-33)45-42(51-46)39-30-29-38-37-23-13-14-24-40(37)55(43(38)44(39)56-45)49-53-47(34-19-9-3-10-20-34)52-48(54-49)35-21-11-4-12-22-35/h1-30H. The Morgan fingerprint density at radius 1 is 0.339 bits per heavy atom. The van der Waals surface area contributed by atoms with Gasteiger partial charge in [0.2, 0.25) is 5.95 Å². The summed E-state index contributed by atoms with van der Waals surface area (Å²) in [4.78, 5) is 25.7. The first-order valence-corrected chi connectivity index (χ1v) is 18.5. The van der Waals surface area contributed by atoms with Crippen LogP contribution in [0.5, 0.6) is 0 Å². The maximum absolute atomic E-state index is 7.02. The van der Waals surface area contributed by atoms with Crippen molar-refractivity contribution in [1.29, 1.82) is 0 Å². The van der Waals surface area contributed by atoms with Gasteiger partial charge in [0.15, 0.2) is 28.6 Å². The highest BCUT2D eigenvalue weighted by Gasteiger charge is 2.25. The van der Waals surface area contributed by atoms with Gasteiger partial charge >= 0.3 is 0 Å². The molecule has 0 unspecified atom stereocenters. The van der Waals surface area contributed by atoms with E-state index < -0.39 is 0 Å². The molecule has 0 fully saturated rings. The fourth-order valence-corrected chi connectivity index (χ4v) is 7.62. The summed E-state index contributed by atoms with van der Waals surface area (Å²) < 4.78 is 9.13. The molecule has 0 N–H and O–H groups in total. The van der Waals surface area contributed by atoms with E-state index >= 15 is 0 Å². The van der Waals surface area contributed by atoms with Gasteiger partial charge in [-0.1, -0.05) is 170 Å². The highest BCUT2D eigenvalue weighted by Crippen LogP contribution is 2.42. The summed E-state index contributed by atoms with van der Waals surface area (Å²) in [5.74, 6) is 2.27.